The van der Waals surface area contributed by atoms with Crippen LogP contribution in [-0.2, 0) is 11.3 Å². The number of nitrogens with zero attached hydrogens (tertiary/aromatic N) is 3. The molecule has 1 N–H and O–H groups in total. The quantitative estimate of drug-likeness (QED) is 0.586. The smallest absolute Gasteiger partial charge is 0.139 e. The van der Waals surface area contributed by atoms with Crippen LogP contribution in [0.5, 0.6) is 0 Å². The summed E-state index contributed by atoms with van der Waals surface area (Å²) in [5, 5.41) is 0.938. The number of H-pyrrole nitrogens is 1. The Bertz CT molecular complexity index is 1020. The van der Waals surface area contributed by atoms with Crippen LogP contribution in [0.4, 0.5) is 4.39 Å². The number of carbonyl (C=O) groups is 1. The molecule has 118 valence electrons. The van der Waals surface area contributed by atoms with Crippen molar-refractivity contribution in [1.82, 2.24) is 19.5 Å². The Morgan fingerprint density at radius 3 is 2.75 bits per heavy atom. The van der Waals surface area contributed by atoms with Crippen molar-refractivity contribution in [3.63, 3.8) is 0 Å². The van der Waals surface area contributed by atoms with E-state index in [0.717, 1.165) is 34.1 Å². The fourth-order valence-corrected chi connectivity index (χ4v) is 2.87. The second-order valence-electron chi connectivity index (χ2n) is 5.37. The van der Waals surface area contributed by atoms with Crippen LogP contribution in [0.15, 0.2) is 55.1 Å². The Morgan fingerprint density at radius 1 is 1.12 bits per heavy atom. The van der Waals surface area contributed by atoms with Crippen molar-refractivity contribution < 1.29 is 9.18 Å². The summed E-state index contributed by atoms with van der Waals surface area (Å²) < 4.78 is 15.0. The minimum Gasteiger partial charge on any atom is -0.346 e. The molecule has 6 heteroatoms. The van der Waals surface area contributed by atoms with E-state index in [9.17, 15) is 9.18 Å². The first-order chi connectivity index (χ1) is 11.8. The number of aromatic amines is 1. The van der Waals surface area contributed by atoms with Gasteiger partial charge < -0.3 is 14.3 Å². The summed E-state index contributed by atoms with van der Waals surface area (Å²) in [4.78, 5) is 22.9. The van der Waals surface area contributed by atoms with Crippen molar-refractivity contribution in [3.8, 4) is 22.5 Å². The van der Waals surface area contributed by atoms with Gasteiger partial charge in [-0.1, -0.05) is 0 Å². The van der Waals surface area contributed by atoms with Crippen LogP contribution in [-0.4, -0.2) is 25.8 Å². The second-order valence-corrected chi connectivity index (χ2v) is 5.37. The number of carbonyl (C=O) groups excluding carboxylic acids is 1. The lowest BCUT2D eigenvalue weighted by Crippen LogP contribution is -2.00. The fourth-order valence-electron chi connectivity index (χ4n) is 2.87. The van der Waals surface area contributed by atoms with Crippen LogP contribution >= 0.6 is 0 Å². The lowest BCUT2D eigenvalue weighted by Gasteiger charge is -2.09. The third-order valence-electron chi connectivity index (χ3n) is 3.94. The van der Waals surface area contributed by atoms with Gasteiger partial charge in [0.15, 0.2) is 0 Å². The Hall–Kier alpha value is -3.28. The summed E-state index contributed by atoms with van der Waals surface area (Å²) in [5.41, 5.74) is 3.97. The molecule has 24 heavy (non-hydrogen) atoms. The minimum absolute atomic E-state index is 0.192. The zero-order chi connectivity index (χ0) is 16.5. The van der Waals surface area contributed by atoms with E-state index in [0.29, 0.717) is 5.69 Å². The molecular formula is C18H13FN4O. The molecule has 0 saturated heterocycles. The number of hydrogen-bond donors (Lipinski definition) is 1. The zero-order valence-electron chi connectivity index (χ0n) is 12.6. The average Bonchev–Trinajstić information content (AvgIpc) is 3.22. The van der Waals surface area contributed by atoms with Crippen LogP contribution in [0.3, 0.4) is 0 Å². The molecule has 0 radical (unpaired) electrons. The summed E-state index contributed by atoms with van der Waals surface area (Å²) in [6, 6.07) is 9.99. The molecule has 0 aliphatic carbocycles. The first-order valence-electron chi connectivity index (χ1n) is 7.45. The van der Waals surface area contributed by atoms with Gasteiger partial charge in [-0.05, 0) is 36.4 Å². The molecule has 0 fully saturated rings. The average molecular weight is 320 g/mol. The fraction of sp³-hybridized carbons (Fsp3) is 0.0556. The van der Waals surface area contributed by atoms with Crippen LogP contribution in [0.1, 0.15) is 0 Å². The number of hydrogen-bond acceptors (Lipinski definition) is 3. The maximum Gasteiger partial charge on any atom is 0.139 e. The first kappa shape index (κ1) is 14.3. The van der Waals surface area contributed by atoms with Gasteiger partial charge in [0.2, 0.25) is 0 Å². The molecule has 0 bridgehead atoms. The van der Waals surface area contributed by atoms with Gasteiger partial charge in [-0.3, -0.25) is 0 Å². The van der Waals surface area contributed by atoms with E-state index < -0.39 is 0 Å². The molecule has 3 aromatic heterocycles. The highest BCUT2D eigenvalue weighted by Crippen LogP contribution is 2.34. The van der Waals surface area contributed by atoms with Crippen molar-refractivity contribution >= 4 is 17.3 Å². The maximum absolute atomic E-state index is 13.2. The van der Waals surface area contributed by atoms with Gasteiger partial charge in [-0.15, -0.1) is 0 Å². The summed E-state index contributed by atoms with van der Waals surface area (Å²) in [5.74, 6) is -0.301. The van der Waals surface area contributed by atoms with E-state index in [4.69, 9.17) is 0 Å². The maximum atomic E-state index is 13.2. The highest BCUT2D eigenvalue weighted by Gasteiger charge is 2.17. The summed E-state index contributed by atoms with van der Waals surface area (Å²) in [6.07, 6.45) is 5.98. The first-order valence-corrected chi connectivity index (χ1v) is 7.45. The Labute approximate surface area is 136 Å². The molecule has 0 saturated carbocycles. The largest absolute Gasteiger partial charge is 0.346 e. The lowest BCUT2D eigenvalue weighted by molar-refractivity contribution is -0.108. The van der Waals surface area contributed by atoms with Crippen LogP contribution in [0.25, 0.3) is 33.5 Å². The standard InChI is InChI=1S/C18H13FN4O/c19-13-3-1-12(2-4-13)16-17(23(9-10-24)11-22-16)14-5-7-20-18-15(14)6-8-21-18/h1-8,10-11H,9H2,(H,20,21). The molecule has 0 atom stereocenters. The number of aromatic nitrogens is 4. The Morgan fingerprint density at radius 2 is 1.96 bits per heavy atom. The van der Waals surface area contributed by atoms with Gasteiger partial charge in [-0.2, -0.15) is 0 Å². The van der Waals surface area contributed by atoms with Gasteiger partial charge >= 0.3 is 0 Å². The lowest BCUT2D eigenvalue weighted by atomic mass is 10.0. The molecule has 0 aliphatic rings. The molecule has 0 spiro atoms. The number of benzene rings is 1. The molecule has 0 aliphatic heterocycles. The van der Waals surface area contributed by atoms with E-state index in [2.05, 4.69) is 15.0 Å². The number of imidazole rings is 1. The van der Waals surface area contributed by atoms with Crippen LogP contribution in [0, 0.1) is 5.82 Å². The van der Waals surface area contributed by atoms with Gasteiger partial charge in [0.05, 0.1) is 24.3 Å². The zero-order valence-corrected chi connectivity index (χ0v) is 12.6. The highest BCUT2D eigenvalue weighted by molar-refractivity contribution is 5.96. The molecule has 4 rings (SSSR count). The van der Waals surface area contributed by atoms with Crippen LogP contribution in [0.2, 0.25) is 0 Å². The van der Waals surface area contributed by atoms with Gasteiger partial charge in [0.1, 0.15) is 17.8 Å². The highest BCUT2D eigenvalue weighted by atomic mass is 19.1. The van der Waals surface area contributed by atoms with Crippen molar-refractivity contribution in [1.29, 1.82) is 0 Å². The summed E-state index contributed by atoms with van der Waals surface area (Å²) in [7, 11) is 0. The topological polar surface area (TPSA) is 63.6 Å². The molecular weight excluding hydrogens is 307 g/mol. The minimum atomic E-state index is -0.301. The summed E-state index contributed by atoms with van der Waals surface area (Å²) in [6.45, 7) is 0.192. The van der Waals surface area contributed by atoms with E-state index in [1.54, 1.807) is 29.2 Å². The van der Waals surface area contributed by atoms with Gasteiger partial charge in [-0.25, -0.2) is 14.4 Å². The van der Waals surface area contributed by atoms with E-state index in [1.165, 1.54) is 12.1 Å². The number of aldehydes is 1. The molecule has 3 heterocycles. The third-order valence-corrected chi connectivity index (χ3v) is 3.94. The number of nitrogens with one attached hydrogen (secondary N) is 1. The van der Waals surface area contributed by atoms with Crippen molar-refractivity contribution in [3.05, 3.63) is 60.9 Å². The van der Waals surface area contributed by atoms with E-state index in [1.807, 2.05) is 18.3 Å². The Kier molecular flexibility index (Phi) is 3.42. The molecule has 5 nitrogen and oxygen atoms in total. The molecule has 1 aromatic carbocycles. The van der Waals surface area contributed by atoms with Gasteiger partial charge in [0.25, 0.3) is 0 Å². The molecule has 0 amide bonds. The normalized spacial score (nSPS) is 11.0. The number of rotatable bonds is 4. The predicted molar refractivity (Wildman–Crippen MR) is 88.8 cm³/mol. The number of fused-ring (bicyclic) bond motifs is 1. The van der Waals surface area contributed by atoms with Crippen molar-refractivity contribution in [2.75, 3.05) is 0 Å². The van der Waals surface area contributed by atoms with Crippen LogP contribution < -0.4 is 0 Å². The monoisotopic (exact) mass is 320 g/mol. The van der Waals surface area contributed by atoms with E-state index in [-0.39, 0.29) is 12.4 Å². The van der Waals surface area contributed by atoms with E-state index >= 15 is 0 Å². The second kappa shape index (κ2) is 5.73. The Balaban J connectivity index is 1.99. The van der Waals surface area contributed by atoms with Gasteiger partial charge in [0, 0.05) is 28.9 Å². The van der Waals surface area contributed by atoms with Crippen molar-refractivity contribution in [2.24, 2.45) is 0 Å². The number of pyridine rings is 1. The SMILES string of the molecule is O=CCn1cnc(-c2ccc(F)cc2)c1-c1ccnc2[nH]ccc12. The van der Waals surface area contributed by atoms with Crippen molar-refractivity contribution in [2.45, 2.75) is 6.54 Å². The molecule has 0 unspecified atom stereocenters. The predicted octanol–water partition coefficient (Wildman–Crippen LogP) is 3.43. The number of halogens is 1. The molecule has 4 aromatic rings. The third kappa shape index (κ3) is 2.28. The summed E-state index contributed by atoms with van der Waals surface area (Å²) >= 11 is 0.